The Morgan fingerprint density at radius 2 is 2.20 bits per heavy atom. The number of hydrogen-bond donors (Lipinski definition) is 1. The molecule has 15 heavy (non-hydrogen) atoms. The minimum atomic E-state index is 0.680. The van der Waals surface area contributed by atoms with E-state index in [0.717, 1.165) is 32.7 Å². The van der Waals surface area contributed by atoms with Gasteiger partial charge in [0.2, 0.25) is 5.88 Å². The highest BCUT2D eigenvalue weighted by Crippen LogP contribution is 2.09. The van der Waals surface area contributed by atoms with Gasteiger partial charge in [0.05, 0.1) is 7.11 Å². The van der Waals surface area contributed by atoms with Crippen molar-refractivity contribution < 1.29 is 4.74 Å². The summed E-state index contributed by atoms with van der Waals surface area (Å²) in [6, 6.07) is 3.99. The van der Waals surface area contributed by atoms with Crippen LogP contribution in [0.3, 0.4) is 0 Å². The van der Waals surface area contributed by atoms with Gasteiger partial charge in [-0.05, 0) is 5.56 Å². The summed E-state index contributed by atoms with van der Waals surface area (Å²) in [4.78, 5) is 6.63. The van der Waals surface area contributed by atoms with Crippen LogP contribution in [0, 0.1) is 0 Å². The summed E-state index contributed by atoms with van der Waals surface area (Å²) in [5.41, 5.74) is 1.25. The van der Waals surface area contributed by atoms with Gasteiger partial charge in [0.25, 0.3) is 0 Å². The van der Waals surface area contributed by atoms with Crippen LogP contribution in [-0.4, -0.2) is 43.2 Å². The molecule has 0 amide bonds. The third kappa shape index (κ3) is 2.91. The molecule has 82 valence electrons. The Hall–Kier alpha value is -1.13. The molecule has 2 heterocycles. The average Bonchev–Trinajstić information content (AvgIpc) is 2.31. The van der Waals surface area contributed by atoms with Gasteiger partial charge in [-0.1, -0.05) is 6.07 Å². The summed E-state index contributed by atoms with van der Waals surface area (Å²) in [6.07, 6.45) is 1.89. The van der Waals surface area contributed by atoms with E-state index in [1.807, 2.05) is 12.3 Å². The predicted molar refractivity (Wildman–Crippen MR) is 58.9 cm³/mol. The second kappa shape index (κ2) is 5.09. The molecule has 0 spiro atoms. The molecule has 0 atom stereocenters. The smallest absolute Gasteiger partial charge is 0.212 e. The maximum absolute atomic E-state index is 5.02. The van der Waals surface area contributed by atoms with Gasteiger partial charge in [-0.25, -0.2) is 4.98 Å². The molecular weight excluding hydrogens is 190 g/mol. The molecule has 1 aromatic rings. The molecule has 1 N–H and O–H groups in total. The summed E-state index contributed by atoms with van der Waals surface area (Å²) >= 11 is 0. The summed E-state index contributed by atoms with van der Waals surface area (Å²) in [5.74, 6) is 0.680. The minimum Gasteiger partial charge on any atom is -0.481 e. The number of hydrogen-bond acceptors (Lipinski definition) is 4. The molecule has 1 saturated heterocycles. The van der Waals surface area contributed by atoms with E-state index < -0.39 is 0 Å². The molecule has 1 fully saturated rings. The molecule has 0 bridgehead atoms. The molecule has 4 nitrogen and oxygen atoms in total. The third-order valence-electron chi connectivity index (χ3n) is 2.62. The van der Waals surface area contributed by atoms with E-state index in [1.165, 1.54) is 5.56 Å². The monoisotopic (exact) mass is 207 g/mol. The van der Waals surface area contributed by atoms with Crippen LogP contribution in [0.5, 0.6) is 5.88 Å². The molecular formula is C11H17N3O. The van der Waals surface area contributed by atoms with Crippen molar-refractivity contribution in [2.45, 2.75) is 6.54 Å². The van der Waals surface area contributed by atoms with Crippen LogP contribution in [-0.2, 0) is 6.54 Å². The summed E-state index contributed by atoms with van der Waals surface area (Å²) in [6.45, 7) is 5.39. The zero-order chi connectivity index (χ0) is 10.5. The van der Waals surface area contributed by atoms with Crippen LogP contribution in [0.1, 0.15) is 5.56 Å². The zero-order valence-electron chi connectivity index (χ0n) is 9.07. The van der Waals surface area contributed by atoms with Crippen molar-refractivity contribution in [3.05, 3.63) is 23.9 Å². The molecule has 0 aliphatic carbocycles. The van der Waals surface area contributed by atoms with Gasteiger partial charge < -0.3 is 10.1 Å². The van der Waals surface area contributed by atoms with E-state index in [4.69, 9.17) is 4.74 Å². The van der Waals surface area contributed by atoms with E-state index in [2.05, 4.69) is 21.3 Å². The van der Waals surface area contributed by atoms with Gasteiger partial charge >= 0.3 is 0 Å². The van der Waals surface area contributed by atoms with Crippen LogP contribution < -0.4 is 10.1 Å². The minimum absolute atomic E-state index is 0.680. The van der Waals surface area contributed by atoms with Crippen molar-refractivity contribution in [3.63, 3.8) is 0 Å². The van der Waals surface area contributed by atoms with Crippen LogP contribution in [0.2, 0.25) is 0 Å². The van der Waals surface area contributed by atoms with Crippen LogP contribution in [0.15, 0.2) is 18.3 Å². The normalized spacial score (nSPS) is 17.7. The van der Waals surface area contributed by atoms with Gasteiger partial charge in [-0.15, -0.1) is 0 Å². The standard InChI is InChI=1S/C11H17N3O/c1-15-11-3-2-10(8-13-11)9-14-6-4-12-5-7-14/h2-3,8,12H,4-7,9H2,1H3. The van der Waals surface area contributed by atoms with Gasteiger partial charge in [0.1, 0.15) is 0 Å². The fourth-order valence-corrected chi connectivity index (χ4v) is 1.75. The second-order valence-corrected chi connectivity index (χ2v) is 3.73. The van der Waals surface area contributed by atoms with Crippen molar-refractivity contribution in [2.75, 3.05) is 33.3 Å². The van der Waals surface area contributed by atoms with Crippen LogP contribution in [0.4, 0.5) is 0 Å². The first-order valence-corrected chi connectivity index (χ1v) is 5.30. The van der Waals surface area contributed by atoms with Gasteiger partial charge in [0.15, 0.2) is 0 Å². The molecule has 2 rings (SSSR count). The molecule has 1 aliphatic heterocycles. The Morgan fingerprint density at radius 3 is 2.80 bits per heavy atom. The van der Waals surface area contributed by atoms with E-state index in [1.54, 1.807) is 7.11 Å². The summed E-state index contributed by atoms with van der Waals surface area (Å²) < 4.78 is 5.02. The summed E-state index contributed by atoms with van der Waals surface area (Å²) in [7, 11) is 1.64. The van der Waals surface area contributed by atoms with Crippen molar-refractivity contribution >= 4 is 0 Å². The Labute approximate surface area is 90.3 Å². The number of aromatic nitrogens is 1. The van der Waals surface area contributed by atoms with Crippen molar-refractivity contribution in [3.8, 4) is 5.88 Å². The lowest BCUT2D eigenvalue weighted by Crippen LogP contribution is -2.42. The maximum atomic E-state index is 5.02. The first-order chi connectivity index (χ1) is 7.38. The number of ether oxygens (including phenoxy) is 1. The Bertz CT molecular complexity index is 293. The van der Waals surface area contributed by atoms with Crippen molar-refractivity contribution in [2.24, 2.45) is 0 Å². The largest absolute Gasteiger partial charge is 0.481 e. The van der Waals surface area contributed by atoms with Gasteiger partial charge in [-0.3, -0.25) is 4.90 Å². The number of nitrogens with zero attached hydrogens (tertiary/aromatic N) is 2. The molecule has 0 radical (unpaired) electrons. The molecule has 1 aromatic heterocycles. The van der Waals surface area contributed by atoms with Crippen molar-refractivity contribution in [1.82, 2.24) is 15.2 Å². The quantitative estimate of drug-likeness (QED) is 0.783. The highest BCUT2D eigenvalue weighted by molar-refractivity contribution is 5.17. The van der Waals surface area contributed by atoms with E-state index in [0.29, 0.717) is 5.88 Å². The first-order valence-electron chi connectivity index (χ1n) is 5.30. The van der Waals surface area contributed by atoms with Crippen molar-refractivity contribution in [1.29, 1.82) is 0 Å². The van der Waals surface area contributed by atoms with E-state index >= 15 is 0 Å². The number of nitrogens with one attached hydrogen (secondary N) is 1. The van der Waals surface area contributed by atoms with Crippen LogP contribution >= 0.6 is 0 Å². The maximum Gasteiger partial charge on any atom is 0.212 e. The lowest BCUT2D eigenvalue weighted by atomic mass is 10.2. The zero-order valence-corrected chi connectivity index (χ0v) is 9.07. The highest BCUT2D eigenvalue weighted by atomic mass is 16.5. The van der Waals surface area contributed by atoms with Gasteiger partial charge in [0, 0.05) is 45.0 Å². The molecule has 0 unspecified atom stereocenters. The molecule has 0 saturated carbocycles. The lowest BCUT2D eigenvalue weighted by molar-refractivity contribution is 0.233. The SMILES string of the molecule is COc1ccc(CN2CCNCC2)cn1. The average molecular weight is 207 g/mol. The fourth-order valence-electron chi connectivity index (χ4n) is 1.75. The molecule has 1 aliphatic rings. The molecule has 0 aromatic carbocycles. The first kappa shape index (κ1) is 10.4. The van der Waals surface area contributed by atoms with Gasteiger partial charge in [-0.2, -0.15) is 0 Å². The Morgan fingerprint density at radius 1 is 1.40 bits per heavy atom. The topological polar surface area (TPSA) is 37.4 Å². The molecule has 4 heteroatoms. The van der Waals surface area contributed by atoms with E-state index in [-0.39, 0.29) is 0 Å². The van der Waals surface area contributed by atoms with Crippen LogP contribution in [0.25, 0.3) is 0 Å². The number of piperazine rings is 1. The van der Waals surface area contributed by atoms with E-state index in [9.17, 15) is 0 Å². The number of methoxy groups -OCH3 is 1. The fraction of sp³-hybridized carbons (Fsp3) is 0.545. The number of pyridine rings is 1. The Balaban J connectivity index is 1.91. The summed E-state index contributed by atoms with van der Waals surface area (Å²) in [5, 5.41) is 3.34. The second-order valence-electron chi connectivity index (χ2n) is 3.73. The predicted octanol–water partition coefficient (Wildman–Crippen LogP) is 0.495. The third-order valence-corrected chi connectivity index (χ3v) is 2.62. The Kier molecular flexibility index (Phi) is 3.53. The number of rotatable bonds is 3. The lowest BCUT2D eigenvalue weighted by Gasteiger charge is -2.26. The highest BCUT2D eigenvalue weighted by Gasteiger charge is 2.09.